The van der Waals surface area contributed by atoms with Crippen molar-refractivity contribution in [2.75, 3.05) is 0 Å². The Bertz CT molecular complexity index is 800. The van der Waals surface area contributed by atoms with Gasteiger partial charge in [0.25, 0.3) is 0 Å². The molecule has 0 amide bonds. The average Bonchev–Trinajstić information content (AvgIpc) is 3.58. The summed E-state index contributed by atoms with van der Waals surface area (Å²) >= 11 is 0. The van der Waals surface area contributed by atoms with Gasteiger partial charge in [0.2, 0.25) is 0 Å². The van der Waals surface area contributed by atoms with Gasteiger partial charge in [-0.2, -0.15) is 0 Å². The number of ether oxygens (including phenoxy) is 3. The van der Waals surface area contributed by atoms with Crippen molar-refractivity contribution in [3.05, 3.63) is 0 Å². The van der Waals surface area contributed by atoms with Crippen molar-refractivity contribution in [3.8, 4) is 0 Å². The minimum Gasteiger partial charge on any atom is -0.458 e. The normalized spacial score (nSPS) is 30.6. The summed E-state index contributed by atoms with van der Waals surface area (Å²) in [5.74, 6) is 0.916. The van der Waals surface area contributed by atoms with Gasteiger partial charge < -0.3 is 14.2 Å². The van der Waals surface area contributed by atoms with E-state index in [0.29, 0.717) is 17.8 Å². The Hall–Kier alpha value is -1.53. The van der Waals surface area contributed by atoms with E-state index < -0.39 is 5.41 Å². The third-order valence-electron chi connectivity index (χ3n) is 9.79. The molecule has 0 aromatic rings. The minimum absolute atomic E-state index is 0. The van der Waals surface area contributed by atoms with Crippen LogP contribution in [0.3, 0.4) is 0 Å². The highest BCUT2D eigenvalue weighted by Gasteiger charge is 2.63. The summed E-state index contributed by atoms with van der Waals surface area (Å²) in [5, 5.41) is 0. The summed E-state index contributed by atoms with van der Waals surface area (Å²) in [6.07, 6.45) is 8.61. The van der Waals surface area contributed by atoms with Crippen LogP contribution in [0, 0.1) is 34.5 Å². The number of hydrogen-bond acceptors (Lipinski definition) is 6. The van der Waals surface area contributed by atoms with Crippen LogP contribution in [-0.4, -0.2) is 44.1 Å². The van der Waals surface area contributed by atoms with E-state index >= 15 is 0 Å². The predicted molar refractivity (Wildman–Crippen MR) is 146 cm³/mol. The zero-order valence-electron chi connectivity index (χ0n) is 23.3. The van der Waals surface area contributed by atoms with E-state index in [2.05, 4.69) is 13.8 Å². The quantitative estimate of drug-likeness (QED) is 0.267. The van der Waals surface area contributed by atoms with Gasteiger partial charge in [-0.25, -0.2) is 0 Å². The molecule has 3 saturated carbocycles. The highest BCUT2D eigenvalue weighted by atomic mass is 16.6. The third-order valence-corrected chi connectivity index (χ3v) is 9.79. The van der Waals surface area contributed by atoms with Gasteiger partial charge in [-0.05, 0) is 91.4 Å². The first kappa shape index (κ1) is 30.7. The molecule has 4 fully saturated rings. The number of fused-ring (bicyclic) bond motifs is 1. The highest BCUT2D eigenvalue weighted by molar-refractivity contribution is 5.78. The Morgan fingerprint density at radius 2 is 1.56 bits per heavy atom. The van der Waals surface area contributed by atoms with Crippen LogP contribution in [0.1, 0.15) is 113 Å². The Morgan fingerprint density at radius 3 is 2.08 bits per heavy atom. The largest absolute Gasteiger partial charge is 0.458 e. The van der Waals surface area contributed by atoms with E-state index in [9.17, 15) is 14.4 Å². The lowest BCUT2D eigenvalue weighted by molar-refractivity contribution is -0.176. The van der Waals surface area contributed by atoms with Crippen molar-refractivity contribution >= 4 is 26.3 Å². The van der Waals surface area contributed by atoms with Crippen LogP contribution < -0.4 is 0 Å². The molecule has 0 aromatic heterocycles. The molecule has 0 radical (unpaired) electrons. The molecule has 1 heterocycles. The van der Waals surface area contributed by atoms with Crippen LogP contribution >= 0.6 is 0 Å². The molecule has 4 rings (SSSR count). The molecule has 0 N–H and O–H groups in total. The standard InChI is InChI=1S/C15H28O2.C14H20O4.BH4/c1-6-12(3)15(10-8-9-11-15)17-13(16)14(4,5)7-2;1-4-14(2,3)13(16)18-10-7-5-8-9(6-7)12(15)17-11(8)10;/h12H,6-11H2,1-5H3;7-11H,4-6H2,1-3H3;1H4/q;;-1. The number of rotatable bonds is 8. The van der Waals surface area contributed by atoms with Gasteiger partial charge in [-0.1, -0.05) is 36.1 Å². The molecule has 3 aliphatic carbocycles. The number of esters is 3. The lowest BCUT2D eigenvalue weighted by Crippen LogP contribution is -2.42. The van der Waals surface area contributed by atoms with Crippen molar-refractivity contribution in [2.45, 2.75) is 131 Å². The third kappa shape index (κ3) is 5.80. The maximum Gasteiger partial charge on any atom is 0.312 e. The summed E-state index contributed by atoms with van der Waals surface area (Å²) < 4.78 is 17.0. The Labute approximate surface area is 220 Å². The summed E-state index contributed by atoms with van der Waals surface area (Å²) in [6.45, 7) is 16.2. The van der Waals surface area contributed by atoms with E-state index in [1.54, 1.807) is 0 Å². The molecule has 1 aliphatic heterocycles. The van der Waals surface area contributed by atoms with E-state index in [4.69, 9.17) is 14.2 Å². The molecule has 6 atom stereocenters. The smallest absolute Gasteiger partial charge is 0.312 e. The van der Waals surface area contributed by atoms with Gasteiger partial charge >= 0.3 is 17.9 Å². The topological polar surface area (TPSA) is 78.9 Å². The second kappa shape index (κ2) is 11.5. The van der Waals surface area contributed by atoms with Crippen LogP contribution in [0.2, 0.25) is 0 Å². The summed E-state index contributed by atoms with van der Waals surface area (Å²) in [6, 6.07) is 0. The van der Waals surface area contributed by atoms with E-state index in [1.165, 1.54) is 12.8 Å². The lowest BCUT2D eigenvalue weighted by atomic mass is 9.84. The second-order valence-corrected chi connectivity index (χ2v) is 12.7. The van der Waals surface area contributed by atoms with Crippen LogP contribution in [-0.2, 0) is 28.6 Å². The van der Waals surface area contributed by atoms with Gasteiger partial charge in [0.1, 0.15) is 17.8 Å². The predicted octanol–water partition coefficient (Wildman–Crippen LogP) is 4.79. The maximum atomic E-state index is 12.3. The van der Waals surface area contributed by atoms with Crippen molar-refractivity contribution in [1.29, 1.82) is 0 Å². The fourth-order valence-corrected chi connectivity index (χ4v) is 6.00. The Kier molecular flexibility index (Phi) is 9.78. The first-order chi connectivity index (χ1) is 16.3. The van der Waals surface area contributed by atoms with Crippen molar-refractivity contribution in [3.63, 3.8) is 0 Å². The van der Waals surface area contributed by atoms with Crippen LogP contribution in [0.15, 0.2) is 0 Å². The molecular formula is C29H52BO6-. The van der Waals surface area contributed by atoms with Gasteiger partial charge in [-0.3, -0.25) is 14.4 Å². The average molecular weight is 508 g/mol. The van der Waals surface area contributed by atoms with Gasteiger partial charge in [-0.15, -0.1) is 0 Å². The van der Waals surface area contributed by atoms with Crippen LogP contribution in [0.5, 0.6) is 0 Å². The van der Waals surface area contributed by atoms with Gasteiger partial charge in [0, 0.05) is 11.8 Å². The number of hydrogen-bond donors (Lipinski definition) is 0. The summed E-state index contributed by atoms with van der Waals surface area (Å²) in [4.78, 5) is 36.0. The summed E-state index contributed by atoms with van der Waals surface area (Å²) in [7, 11) is 0. The number of carbonyl (C=O) groups excluding carboxylic acids is 3. The summed E-state index contributed by atoms with van der Waals surface area (Å²) in [5.41, 5.74) is -0.967. The van der Waals surface area contributed by atoms with Crippen LogP contribution in [0.4, 0.5) is 0 Å². The molecule has 208 valence electrons. The molecule has 7 heteroatoms. The molecule has 0 spiro atoms. The van der Waals surface area contributed by atoms with Gasteiger partial charge in [0.15, 0.2) is 0 Å². The van der Waals surface area contributed by atoms with Crippen molar-refractivity contribution in [1.82, 2.24) is 0 Å². The maximum absolute atomic E-state index is 12.3. The SMILES string of the molecule is CCC(C)(C)C(=O)OC1C2CC3C(=O)OC1C3C2.CCC(C)C1(OC(=O)C(C)(C)CC)CCCC1.[BH4-]. The molecule has 4 aliphatic rings. The van der Waals surface area contributed by atoms with E-state index in [0.717, 1.165) is 44.9 Å². The van der Waals surface area contributed by atoms with E-state index in [1.807, 2.05) is 41.5 Å². The minimum atomic E-state index is -0.455. The monoisotopic (exact) mass is 507 g/mol. The first-order valence-electron chi connectivity index (χ1n) is 14.0. The Balaban J connectivity index is 0.000000247. The molecule has 2 bridgehead atoms. The van der Waals surface area contributed by atoms with Gasteiger partial charge in [0.05, 0.1) is 16.7 Å². The fourth-order valence-electron chi connectivity index (χ4n) is 6.00. The molecule has 36 heavy (non-hydrogen) atoms. The first-order valence-corrected chi connectivity index (χ1v) is 14.0. The second-order valence-electron chi connectivity index (χ2n) is 12.7. The molecule has 6 unspecified atom stereocenters. The van der Waals surface area contributed by atoms with Crippen molar-refractivity contribution in [2.24, 2.45) is 34.5 Å². The zero-order chi connectivity index (χ0) is 26.2. The van der Waals surface area contributed by atoms with Crippen LogP contribution in [0.25, 0.3) is 0 Å². The molecule has 0 aromatic carbocycles. The highest BCUT2D eigenvalue weighted by Crippen LogP contribution is 2.55. The lowest BCUT2D eigenvalue weighted by Gasteiger charge is -2.37. The van der Waals surface area contributed by atoms with E-state index in [-0.39, 0.29) is 55.5 Å². The molecule has 6 nitrogen and oxygen atoms in total. The molecular weight excluding hydrogens is 455 g/mol. The zero-order valence-corrected chi connectivity index (χ0v) is 23.3. The molecule has 1 saturated heterocycles. The Morgan fingerprint density at radius 1 is 1.00 bits per heavy atom. The number of carbonyl (C=O) groups is 3. The fraction of sp³-hybridized carbons (Fsp3) is 0.897. The van der Waals surface area contributed by atoms with Crippen molar-refractivity contribution < 1.29 is 28.6 Å².